The zero-order valence-electron chi connectivity index (χ0n) is 21.1. The van der Waals surface area contributed by atoms with E-state index in [2.05, 4.69) is 20.4 Å². The number of rotatable bonds is 5. The number of piperidine rings is 1. The summed E-state index contributed by atoms with van der Waals surface area (Å²) in [6, 6.07) is 3.93. The molecule has 0 saturated carbocycles. The van der Waals surface area contributed by atoms with Crippen molar-refractivity contribution in [2.45, 2.75) is 51.6 Å². The van der Waals surface area contributed by atoms with Crippen LogP contribution in [0.3, 0.4) is 0 Å². The molecule has 0 bridgehead atoms. The number of benzene rings is 1. The largest absolute Gasteiger partial charge is 0.497 e. The molecule has 1 aromatic carbocycles. The topological polar surface area (TPSA) is 71.5 Å². The van der Waals surface area contributed by atoms with Gasteiger partial charge >= 0.3 is 6.03 Å². The highest BCUT2D eigenvalue weighted by Gasteiger charge is 2.56. The van der Waals surface area contributed by atoms with Gasteiger partial charge in [-0.15, -0.1) is 0 Å². The van der Waals surface area contributed by atoms with Crippen LogP contribution in [0.1, 0.15) is 50.7 Å². The molecule has 3 aliphatic rings. The molecule has 2 saturated heterocycles. The van der Waals surface area contributed by atoms with Gasteiger partial charge in [-0.25, -0.2) is 4.79 Å². The molecule has 8 nitrogen and oxygen atoms in total. The third-order valence-electron chi connectivity index (χ3n) is 7.81. The van der Waals surface area contributed by atoms with Crippen molar-refractivity contribution in [1.29, 1.82) is 0 Å². The van der Waals surface area contributed by atoms with Gasteiger partial charge in [0, 0.05) is 42.9 Å². The molecule has 0 N–H and O–H groups in total. The number of hydrogen-bond donors (Lipinski definition) is 0. The van der Waals surface area contributed by atoms with E-state index in [1.807, 2.05) is 28.9 Å². The summed E-state index contributed by atoms with van der Waals surface area (Å²) in [7, 11) is 4.76. The van der Waals surface area contributed by atoms with Crippen molar-refractivity contribution in [3.8, 4) is 11.5 Å². The van der Waals surface area contributed by atoms with Gasteiger partial charge in [0.2, 0.25) is 0 Å². The van der Waals surface area contributed by atoms with E-state index in [4.69, 9.17) is 14.2 Å². The molecule has 3 amide bonds. The normalized spacial score (nSPS) is 21.3. The smallest absolute Gasteiger partial charge is 0.325 e. The summed E-state index contributed by atoms with van der Waals surface area (Å²) >= 11 is 0. The van der Waals surface area contributed by atoms with Gasteiger partial charge in [-0.2, -0.15) is 0 Å². The average molecular weight is 470 g/mol. The molecule has 4 rings (SSSR count). The number of carbonyl (C=O) groups is 2. The van der Waals surface area contributed by atoms with Gasteiger partial charge in [-0.05, 0) is 43.9 Å². The third-order valence-corrected chi connectivity index (χ3v) is 7.81. The first kappa shape index (κ1) is 24.0. The Balaban J connectivity index is 1.79. The van der Waals surface area contributed by atoms with Gasteiger partial charge in [0.05, 0.1) is 33.4 Å². The summed E-state index contributed by atoms with van der Waals surface area (Å²) in [5, 5.41) is 0. The summed E-state index contributed by atoms with van der Waals surface area (Å²) in [5.41, 5.74) is 3.91. The summed E-state index contributed by atoms with van der Waals surface area (Å²) in [6.45, 7) is 12.2. The number of allylic oxidation sites excluding steroid dienone is 1. The number of likely N-dealkylation sites (N-methyl/N-ethyl adjacent to an activating group) is 1. The number of fused-ring (bicyclic) bond motifs is 3. The van der Waals surface area contributed by atoms with Gasteiger partial charge < -0.3 is 24.0 Å². The molecule has 0 aliphatic carbocycles. The molecule has 34 heavy (non-hydrogen) atoms. The maximum Gasteiger partial charge on any atom is 0.325 e. The maximum atomic E-state index is 13.8. The van der Waals surface area contributed by atoms with Crippen molar-refractivity contribution in [2.24, 2.45) is 0 Å². The Labute approximate surface area is 201 Å². The second-order valence-corrected chi connectivity index (χ2v) is 9.22. The third kappa shape index (κ3) is 3.42. The summed E-state index contributed by atoms with van der Waals surface area (Å²) < 4.78 is 16.3. The quantitative estimate of drug-likeness (QED) is 0.484. The fourth-order valence-corrected chi connectivity index (χ4v) is 5.98. The molecule has 3 heterocycles. The monoisotopic (exact) mass is 469 g/mol. The van der Waals surface area contributed by atoms with Crippen LogP contribution >= 0.6 is 0 Å². The van der Waals surface area contributed by atoms with Crippen molar-refractivity contribution in [2.75, 3.05) is 41.0 Å². The van der Waals surface area contributed by atoms with Crippen molar-refractivity contribution in [1.82, 2.24) is 14.7 Å². The van der Waals surface area contributed by atoms with Crippen molar-refractivity contribution >= 4 is 11.9 Å². The molecular formula is C26H35N3O5. The minimum atomic E-state index is -0.450. The minimum Gasteiger partial charge on any atom is -0.497 e. The zero-order chi connectivity index (χ0) is 24.8. The number of amides is 3. The fraction of sp³-hybridized carbons (Fsp3) is 0.538. The predicted molar refractivity (Wildman–Crippen MR) is 129 cm³/mol. The highest BCUT2D eigenvalue weighted by Crippen LogP contribution is 2.51. The standard InChI is InChI=1S/C26H35N3O5/c1-8-29-25(31)28-15-19-13-20(33-6)14-21(34-7)22(19)16(2)17(3)23(28)26(29)9-11-27(12-10-26)24(30)18(4)32-5/h13-14,16H,4,8-12,15H2,1-3,5-7H3. The van der Waals surface area contributed by atoms with Crippen LogP contribution in [0, 0.1) is 0 Å². The highest BCUT2D eigenvalue weighted by molar-refractivity contribution is 5.91. The van der Waals surface area contributed by atoms with Crippen molar-refractivity contribution in [3.05, 3.63) is 46.9 Å². The lowest BCUT2D eigenvalue weighted by Gasteiger charge is -2.45. The first-order valence-corrected chi connectivity index (χ1v) is 11.8. The Kier molecular flexibility index (Phi) is 6.27. The molecule has 3 aliphatic heterocycles. The van der Waals surface area contributed by atoms with E-state index in [0.29, 0.717) is 44.8 Å². The molecule has 1 unspecified atom stereocenters. The molecular weight excluding hydrogens is 434 g/mol. The first-order valence-electron chi connectivity index (χ1n) is 11.8. The minimum absolute atomic E-state index is 0.0137. The van der Waals surface area contributed by atoms with E-state index in [9.17, 15) is 9.59 Å². The van der Waals surface area contributed by atoms with Gasteiger partial charge in [-0.3, -0.25) is 9.69 Å². The SMILES string of the molecule is C=C(OC)C(=O)N1CCC2(CC1)C1=C(C)C(C)c3c(cc(OC)cc3OC)CN1C(=O)N2CC. The van der Waals surface area contributed by atoms with Gasteiger partial charge in [0.15, 0.2) is 5.76 Å². The van der Waals surface area contributed by atoms with E-state index in [-0.39, 0.29) is 23.6 Å². The second kappa shape index (κ2) is 8.89. The number of hydrogen-bond acceptors (Lipinski definition) is 5. The van der Waals surface area contributed by atoms with Crippen molar-refractivity contribution in [3.63, 3.8) is 0 Å². The molecule has 8 heteroatoms. The number of nitrogens with zero attached hydrogens (tertiary/aromatic N) is 3. The predicted octanol–water partition coefficient (Wildman–Crippen LogP) is 3.87. The van der Waals surface area contributed by atoms with E-state index < -0.39 is 5.54 Å². The zero-order valence-corrected chi connectivity index (χ0v) is 21.1. The lowest BCUT2D eigenvalue weighted by molar-refractivity contribution is -0.132. The highest BCUT2D eigenvalue weighted by atomic mass is 16.5. The number of likely N-dealkylation sites (tertiary alicyclic amines) is 1. The van der Waals surface area contributed by atoms with Crippen LogP contribution in [0.5, 0.6) is 11.5 Å². The Morgan fingerprint density at radius 2 is 1.85 bits per heavy atom. The Bertz CT molecular complexity index is 1050. The van der Waals surface area contributed by atoms with Crippen LogP contribution < -0.4 is 9.47 Å². The van der Waals surface area contributed by atoms with Crippen LogP contribution in [-0.2, 0) is 16.1 Å². The second-order valence-electron chi connectivity index (χ2n) is 9.22. The summed E-state index contributed by atoms with van der Waals surface area (Å²) in [4.78, 5) is 32.1. The molecule has 184 valence electrons. The molecule has 2 fully saturated rings. The number of urea groups is 1. The van der Waals surface area contributed by atoms with Gasteiger partial charge in [0.1, 0.15) is 11.5 Å². The summed E-state index contributed by atoms with van der Waals surface area (Å²) in [5.74, 6) is 1.50. The van der Waals surface area contributed by atoms with Crippen LogP contribution in [0.4, 0.5) is 4.79 Å². The lowest BCUT2D eigenvalue weighted by atomic mass is 9.79. The maximum absolute atomic E-state index is 13.8. The van der Waals surface area contributed by atoms with Crippen LogP contribution in [0.15, 0.2) is 35.7 Å². The molecule has 1 atom stereocenters. The van der Waals surface area contributed by atoms with E-state index >= 15 is 0 Å². The van der Waals surface area contributed by atoms with E-state index in [1.165, 1.54) is 7.11 Å². The molecule has 1 aromatic rings. The Morgan fingerprint density at radius 1 is 1.18 bits per heavy atom. The number of methoxy groups -OCH3 is 3. The fourth-order valence-electron chi connectivity index (χ4n) is 5.98. The van der Waals surface area contributed by atoms with Gasteiger partial charge in [0.25, 0.3) is 5.91 Å². The lowest BCUT2D eigenvalue weighted by Crippen LogP contribution is -2.55. The Hall–Kier alpha value is -3.16. The molecule has 0 aromatic heterocycles. The molecule has 0 radical (unpaired) electrons. The number of carbonyl (C=O) groups excluding carboxylic acids is 2. The average Bonchev–Trinajstić information content (AvgIpc) is 3.00. The van der Waals surface area contributed by atoms with Crippen LogP contribution in [0.25, 0.3) is 0 Å². The van der Waals surface area contributed by atoms with Crippen molar-refractivity contribution < 1.29 is 23.8 Å². The summed E-state index contributed by atoms with van der Waals surface area (Å²) in [6.07, 6.45) is 1.34. The van der Waals surface area contributed by atoms with Gasteiger partial charge in [-0.1, -0.05) is 13.5 Å². The van der Waals surface area contributed by atoms with Crippen LogP contribution in [0.2, 0.25) is 0 Å². The first-order chi connectivity index (χ1) is 16.2. The van der Waals surface area contributed by atoms with E-state index in [1.54, 1.807) is 19.1 Å². The molecule has 1 spiro atoms. The van der Waals surface area contributed by atoms with Crippen LogP contribution in [-0.4, -0.2) is 73.1 Å². The Morgan fingerprint density at radius 3 is 2.41 bits per heavy atom. The number of ether oxygens (including phenoxy) is 3. The van der Waals surface area contributed by atoms with E-state index in [0.717, 1.165) is 28.1 Å².